The van der Waals surface area contributed by atoms with Gasteiger partial charge in [0.25, 0.3) is 0 Å². The molecular weight excluding hydrogens is 170 g/mol. The fourth-order valence-electron chi connectivity index (χ4n) is 5.87. The average molecular weight is 191 g/mol. The number of rotatable bonds is 0. The van der Waals surface area contributed by atoms with Crippen molar-refractivity contribution in [2.24, 2.45) is 34.8 Å². The van der Waals surface area contributed by atoms with Gasteiger partial charge in [-0.15, -0.1) is 0 Å². The molecule has 0 amide bonds. The van der Waals surface area contributed by atoms with Crippen LogP contribution in [-0.4, -0.2) is 6.04 Å². The normalized spacial score (nSPS) is 64.5. The molecule has 1 nitrogen and oxygen atoms in total. The Bertz CT molecular complexity index is 263. The second-order valence-electron chi connectivity index (χ2n) is 6.49. The SMILES string of the molecule is N[C@@H]1C2CC[C@@H](C2)C12CC1CCC2C1. The number of fused-ring (bicyclic) bond motifs is 6. The number of nitrogens with two attached hydrogens (primary N) is 1. The zero-order valence-electron chi connectivity index (χ0n) is 8.91. The Hall–Kier alpha value is -0.0400. The van der Waals surface area contributed by atoms with E-state index >= 15 is 0 Å². The molecule has 0 aromatic carbocycles. The fraction of sp³-hybridized carbons (Fsp3) is 1.00. The summed E-state index contributed by atoms with van der Waals surface area (Å²) < 4.78 is 0. The van der Waals surface area contributed by atoms with E-state index in [9.17, 15) is 0 Å². The minimum absolute atomic E-state index is 0.594. The second kappa shape index (κ2) is 2.37. The molecule has 4 unspecified atom stereocenters. The van der Waals surface area contributed by atoms with Gasteiger partial charge in [-0.1, -0.05) is 6.42 Å². The van der Waals surface area contributed by atoms with Gasteiger partial charge in [0.15, 0.2) is 0 Å². The van der Waals surface area contributed by atoms with Crippen LogP contribution < -0.4 is 5.73 Å². The third-order valence-corrected chi connectivity index (χ3v) is 6.31. The van der Waals surface area contributed by atoms with E-state index in [-0.39, 0.29) is 0 Å². The standard InChI is InChI=1S/C13H21N/c14-12-9-2-4-11(6-9)13(12)7-8-1-3-10(13)5-8/h8-12H,1-7,14H2/t8?,9?,10?,11-,12+,13?/m0/s1. The first-order valence-electron chi connectivity index (χ1n) is 6.56. The minimum atomic E-state index is 0.594. The van der Waals surface area contributed by atoms with Crippen molar-refractivity contribution in [3.63, 3.8) is 0 Å². The Balaban J connectivity index is 1.76. The third-order valence-electron chi connectivity index (χ3n) is 6.31. The van der Waals surface area contributed by atoms with Gasteiger partial charge in [0.2, 0.25) is 0 Å². The summed E-state index contributed by atoms with van der Waals surface area (Å²) in [5, 5.41) is 0. The molecule has 4 fully saturated rings. The lowest BCUT2D eigenvalue weighted by Crippen LogP contribution is -2.49. The monoisotopic (exact) mass is 191 g/mol. The van der Waals surface area contributed by atoms with Gasteiger partial charge < -0.3 is 5.73 Å². The average Bonchev–Trinajstić information content (AvgIpc) is 2.91. The summed E-state index contributed by atoms with van der Waals surface area (Å²) in [4.78, 5) is 0. The van der Waals surface area contributed by atoms with Crippen LogP contribution in [0.25, 0.3) is 0 Å². The topological polar surface area (TPSA) is 26.0 Å². The van der Waals surface area contributed by atoms with E-state index in [1.54, 1.807) is 0 Å². The summed E-state index contributed by atoms with van der Waals surface area (Å²) in [7, 11) is 0. The lowest BCUT2D eigenvalue weighted by Gasteiger charge is -2.46. The molecule has 4 saturated carbocycles. The van der Waals surface area contributed by atoms with E-state index in [1.165, 1.54) is 44.9 Å². The van der Waals surface area contributed by atoms with Gasteiger partial charge >= 0.3 is 0 Å². The van der Waals surface area contributed by atoms with Crippen molar-refractivity contribution in [3.05, 3.63) is 0 Å². The molecule has 6 atom stereocenters. The molecule has 0 radical (unpaired) electrons. The van der Waals surface area contributed by atoms with E-state index in [0.717, 1.165) is 23.7 Å². The van der Waals surface area contributed by atoms with E-state index in [2.05, 4.69) is 0 Å². The molecule has 0 aromatic rings. The van der Waals surface area contributed by atoms with Crippen LogP contribution in [0, 0.1) is 29.1 Å². The Morgan fingerprint density at radius 1 is 0.929 bits per heavy atom. The van der Waals surface area contributed by atoms with Crippen LogP contribution in [0.3, 0.4) is 0 Å². The lowest BCUT2D eigenvalue weighted by molar-refractivity contribution is 0.0574. The number of hydrogen-bond donors (Lipinski definition) is 1. The summed E-state index contributed by atoms with van der Waals surface area (Å²) in [5.74, 6) is 4.07. The highest BCUT2D eigenvalue weighted by Gasteiger charge is 2.64. The molecule has 4 rings (SSSR count). The fourth-order valence-corrected chi connectivity index (χ4v) is 5.87. The molecule has 4 aliphatic carbocycles. The summed E-state index contributed by atoms with van der Waals surface area (Å²) in [5.41, 5.74) is 7.21. The molecule has 4 bridgehead atoms. The van der Waals surface area contributed by atoms with Crippen LogP contribution >= 0.6 is 0 Å². The molecule has 0 heterocycles. The Labute approximate surface area is 86.4 Å². The minimum Gasteiger partial charge on any atom is -0.327 e. The van der Waals surface area contributed by atoms with Gasteiger partial charge in [-0.2, -0.15) is 0 Å². The summed E-state index contributed by atoms with van der Waals surface area (Å²) >= 11 is 0. The largest absolute Gasteiger partial charge is 0.327 e. The first-order valence-corrected chi connectivity index (χ1v) is 6.56. The smallest absolute Gasteiger partial charge is 0.0129 e. The van der Waals surface area contributed by atoms with Gasteiger partial charge in [-0.3, -0.25) is 0 Å². The molecule has 0 saturated heterocycles. The maximum atomic E-state index is 6.55. The summed E-state index contributed by atoms with van der Waals surface area (Å²) in [6.45, 7) is 0. The van der Waals surface area contributed by atoms with Crippen molar-refractivity contribution in [1.82, 2.24) is 0 Å². The van der Waals surface area contributed by atoms with Crippen LogP contribution in [0.15, 0.2) is 0 Å². The molecule has 14 heavy (non-hydrogen) atoms. The van der Waals surface area contributed by atoms with Crippen LogP contribution in [-0.2, 0) is 0 Å². The van der Waals surface area contributed by atoms with Gasteiger partial charge in [-0.25, -0.2) is 0 Å². The molecule has 0 aromatic heterocycles. The van der Waals surface area contributed by atoms with Crippen LogP contribution in [0.5, 0.6) is 0 Å². The van der Waals surface area contributed by atoms with Crippen LogP contribution in [0.4, 0.5) is 0 Å². The lowest BCUT2D eigenvalue weighted by atomic mass is 9.61. The first kappa shape index (κ1) is 8.15. The molecule has 0 aliphatic heterocycles. The number of hydrogen-bond acceptors (Lipinski definition) is 1. The molecule has 1 spiro atoms. The predicted octanol–water partition coefficient (Wildman–Crippen LogP) is 2.55. The maximum absolute atomic E-state index is 6.55. The van der Waals surface area contributed by atoms with E-state index in [0.29, 0.717) is 11.5 Å². The van der Waals surface area contributed by atoms with Crippen molar-refractivity contribution in [2.75, 3.05) is 0 Å². The van der Waals surface area contributed by atoms with E-state index in [1.807, 2.05) is 0 Å². The molecule has 2 N–H and O–H groups in total. The van der Waals surface area contributed by atoms with Crippen molar-refractivity contribution >= 4 is 0 Å². The third kappa shape index (κ3) is 0.711. The van der Waals surface area contributed by atoms with E-state index < -0.39 is 0 Å². The van der Waals surface area contributed by atoms with Crippen LogP contribution in [0.1, 0.15) is 44.9 Å². The highest BCUT2D eigenvalue weighted by molar-refractivity contribution is 5.16. The zero-order valence-corrected chi connectivity index (χ0v) is 8.91. The Morgan fingerprint density at radius 2 is 1.71 bits per heavy atom. The van der Waals surface area contributed by atoms with Gasteiger partial charge in [0.1, 0.15) is 0 Å². The highest BCUT2D eigenvalue weighted by atomic mass is 14.8. The van der Waals surface area contributed by atoms with E-state index in [4.69, 9.17) is 5.73 Å². The zero-order chi connectivity index (χ0) is 9.34. The van der Waals surface area contributed by atoms with Crippen molar-refractivity contribution in [3.8, 4) is 0 Å². The second-order valence-corrected chi connectivity index (χ2v) is 6.49. The molecular formula is C13H21N. The quantitative estimate of drug-likeness (QED) is 0.625. The molecule has 1 heteroatoms. The van der Waals surface area contributed by atoms with Crippen molar-refractivity contribution in [2.45, 2.75) is 51.0 Å². The molecule has 78 valence electrons. The van der Waals surface area contributed by atoms with Gasteiger partial charge in [0.05, 0.1) is 0 Å². The summed E-state index contributed by atoms with van der Waals surface area (Å²) in [6.07, 6.45) is 10.5. The maximum Gasteiger partial charge on any atom is 0.0129 e. The van der Waals surface area contributed by atoms with Crippen molar-refractivity contribution < 1.29 is 0 Å². The summed E-state index contributed by atoms with van der Waals surface area (Å²) in [6, 6.07) is 0.594. The van der Waals surface area contributed by atoms with Crippen LogP contribution in [0.2, 0.25) is 0 Å². The first-order chi connectivity index (χ1) is 6.80. The predicted molar refractivity (Wildman–Crippen MR) is 56.7 cm³/mol. The Kier molecular flexibility index (Phi) is 1.38. The Morgan fingerprint density at radius 3 is 2.29 bits per heavy atom. The van der Waals surface area contributed by atoms with Crippen molar-refractivity contribution in [1.29, 1.82) is 0 Å². The van der Waals surface area contributed by atoms with Gasteiger partial charge in [0, 0.05) is 6.04 Å². The molecule has 4 aliphatic rings. The van der Waals surface area contributed by atoms with Gasteiger partial charge in [-0.05, 0) is 67.6 Å². The highest BCUT2D eigenvalue weighted by Crippen LogP contribution is 2.69.